The van der Waals surface area contributed by atoms with Crippen molar-refractivity contribution in [1.82, 2.24) is 10.0 Å². The van der Waals surface area contributed by atoms with Gasteiger partial charge in [0.2, 0.25) is 10.0 Å². The molecule has 0 amide bonds. The molecule has 20 heavy (non-hydrogen) atoms. The smallest absolute Gasteiger partial charge is 0.240 e. The lowest BCUT2D eigenvalue weighted by Gasteiger charge is -2.09. The van der Waals surface area contributed by atoms with Gasteiger partial charge in [0, 0.05) is 12.6 Å². The minimum Gasteiger partial charge on any atom is -0.314 e. The Bertz CT molecular complexity index is 545. The van der Waals surface area contributed by atoms with Gasteiger partial charge in [0.05, 0.1) is 17.4 Å². The molecule has 0 bridgehead atoms. The fourth-order valence-corrected chi connectivity index (χ4v) is 2.72. The first-order chi connectivity index (χ1) is 9.45. The van der Waals surface area contributed by atoms with Gasteiger partial charge in [-0.25, -0.2) is 13.1 Å². The Balaban J connectivity index is 2.50. The van der Waals surface area contributed by atoms with Crippen LogP contribution >= 0.6 is 0 Å². The van der Waals surface area contributed by atoms with Crippen LogP contribution in [-0.2, 0) is 16.4 Å². The van der Waals surface area contributed by atoms with Crippen LogP contribution in [0.15, 0.2) is 29.2 Å². The number of hydrogen-bond acceptors (Lipinski definition) is 4. The summed E-state index contributed by atoms with van der Waals surface area (Å²) >= 11 is 0. The summed E-state index contributed by atoms with van der Waals surface area (Å²) in [5, 5.41) is 11.8. The SMILES string of the molecule is CC(C)NCCCNS(=O)(=O)c1ccc(CC#N)cc1. The third-order valence-corrected chi connectivity index (χ3v) is 4.19. The number of benzene rings is 1. The van der Waals surface area contributed by atoms with Crippen molar-refractivity contribution in [2.75, 3.05) is 13.1 Å². The van der Waals surface area contributed by atoms with Crippen molar-refractivity contribution in [3.63, 3.8) is 0 Å². The molecule has 0 heterocycles. The van der Waals surface area contributed by atoms with Crippen molar-refractivity contribution in [2.45, 2.75) is 37.6 Å². The monoisotopic (exact) mass is 295 g/mol. The molecule has 0 aliphatic carbocycles. The number of nitrogens with zero attached hydrogens (tertiary/aromatic N) is 1. The van der Waals surface area contributed by atoms with Crippen molar-refractivity contribution in [2.24, 2.45) is 0 Å². The first kappa shape index (κ1) is 16.6. The maximum atomic E-state index is 12.0. The largest absolute Gasteiger partial charge is 0.314 e. The van der Waals surface area contributed by atoms with Gasteiger partial charge in [-0.1, -0.05) is 26.0 Å². The Morgan fingerprint density at radius 1 is 1.20 bits per heavy atom. The Labute approximate surface area is 121 Å². The van der Waals surface area contributed by atoms with Crippen LogP contribution in [0.4, 0.5) is 0 Å². The van der Waals surface area contributed by atoms with Gasteiger partial charge in [0.15, 0.2) is 0 Å². The molecule has 1 aromatic rings. The van der Waals surface area contributed by atoms with Crippen LogP contribution in [0, 0.1) is 11.3 Å². The van der Waals surface area contributed by atoms with Crippen molar-refractivity contribution in [3.8, 4) is 6.07 Å². The summed E-state index contributed by atoms with van der Waals surface area (Å²) < 4.78 is 26.6. The van der Waals surface area contributed by atoms with Gasteiger partial charge in [-0.2, -0.15) is 5.26 Å². The van der Waals surface area contributed by atoms with E-state index in [1.54, 1.807) is 12.1 Å². The molecule has 0 saturated carbocycles. The topological polar surface area (TPSA) is 82.0 Å². The standard InChI is InChI=1S/C14H21N3O2S/c1-12(2)16-10-3-11-17-20(18,19)14-6-4-13(5-7-14)8-9-15/h4-7,12,16-17H,3,8,10-11H2,1-2H3. The highest BCUT2D eigenvalue weighted by atomic mass is 32.2. The summed E-state index contributed by atoms with van der Waals surface area (Å²) in [6.45, 7) is 5.28. The van der Waals surface area contributed by atoms with Gasteiger partial charge in [-0.3, -0.25) is 0 Å². The second kappa shape index (κ2) is 8.00. The molecule has 0 fully saturated rings. The second-order valence-electron chi connectivity index (χ2n) is 4.84. The predicted molar refractivity (Wildman–Crippen MR) is 78.7 cm³/mol. The van der Waals surface area contributed by atoms with E-state index in [4.69, 9.17) is 5.26 Å². The zero-order valence-electron chi connectivity index (χ0n) is 11.9. The average molecular weight is 295 g/mol. The maximum absolute atomic E-state index is 12.0. The highest BCUT2D eigenvalue weighted by Crippen LogP contribution is 2.10. The summed E-state index contributed by atoms with van der Waals surface area (Å²) in [6, 6.07) is 8.82. The molecule has 0 aliphatic heterocycles. The van der Waals surface area contributed by atoms with Crippen molar-refractivity contribution >= 4 is 10.0 Å². The van der Waals surface area contributed by atoms with Crippen LogP contribution in [0.2, 0.25) is 0 Å². The van der Waals surface area contributed by atoms with E-state index in [1.165, 1.54) is 12.1 Å². The third kappa shape index (κ3) is 5.70. The Morgan fingerprint density at radius 3 is 2.40 bits per heavy atom. The molecule has 110 valence electrons. The molecular formula is C14H21N3O2S. The van der Waals surface area contributed by atoms with Crippen molar-refractivity contribution in [3.05, 3.63) is 29.8 Å². The number of nitrogens with one attached hydrogen (secondary N) is 2. The van der Waals surface area contributed by atoms with Gasteiger partial charge in [0.25, 0.3) is 0 Å². The molecule has 1 rings (SSSR count). The van der Waals surface area contributed by atoms with Crippen LogP contribution < -0.4 is 10.0 Å². The average Bonchev–Trinajstić information content (AvgIpc) is 2.39. The molecule has 1 aromatic carbocycles. The van der Waals surface area contributed by atoms with E-state index in [1.807, 2.05) is 19.9 Å². The normalized spacial score (nSPS) is 11.5. The van der Waals surface area contributed by atoms with E-state index in [0.29, 0.717) is 12.6 Å². The summed E-state index contributed by atoms with van der Waals surface area (Å²) in [5.74, 6) is 0. The lowest BCUT2D eigenvalue weighted by molar-refractivity contribution is 0.554. The molecular weight excluding hydrogens is 274 g/mol. The number of rotatable bonds is 8. The van der Waals surface area contributed by atoms with E-state index < -0.39 is 10.0 Å². The lowest BCUT2D eigenvalue weighted by Crippen LogP contribution is -2.29. The highest BCUT2D eigenvalue weighted by molar-refractivity contribution is 7.89. The fraction of sp³-hybridized carbons (Fsp3) is 0.500. The van der Waals surface area contributed by atoms with Crippen LogP contribution in [0.3, 0.4) is 0 Å². The van der Waals surface area contributed by atoms with E-state index in [-0.39, 0.29) is 11.3 Å². The van der Waals surface area contributed by atoms with E-state index in [0.717, 1.165) is 18.5 Å². The van der Waals surface area contributed by atoms with Crippen LogP contribution in [0.25, 0.3) is 0 Å². The van der Waals surface area contributed by atoms with E-state index in [2.05, 4.69) is 10.0 Å². The molecule has 5 nitrogen and oxygen atoms in total. The fourth-order valence-electron chi connectivity index (χ4n) is 1.65. The summed E-state index contributed by atoms with van der Waals surface area (Å²) in [7, 11) is -3.45. The number of nitriles is 1. The van der Waals surface area contributed by atoms with Gasteiger partial charge in [-0.15, -0.1) is 0 Å². The molecule has 0 spiro atoms. The van der Waals surface area contributed by atoms with Gasteiger partial charge in [0.1, 0.15) is 0 Å². The van der Waals surface area contributed by atoms with Gasteiger partial charge in [-0.05, 0) is 30.7 Å². The first-order valence-corrected chi connectivity index (χ1v) is 8.13. The summed E-state index contributed by atoms with van der Waals surface area (Å²) in [6.07, 6.45) is 1.03. The Morgan fingerprint density at radius 2 is 1.85 bits per heavy atom. The van der Waals surface area contributed by atoms with Crippen molar-refractivity contribution < 1.29 is 8.42 Å². The maximum Gasteiger partial charge on any atom is 0.240 e. The molecule has 0 aromatic heterocycles. The van der Waals surface area contributed by atoms with Crippen molar-refractivity contribution in [1.29, 1.82) is 5.26 Å². The Hall–Kier alpha value is -1.42. The van der Waals surface area contributed by atoms with E-state index in [9.17, 15) is 8.42 Å². The quantitative estimate of drug-likeness (QED) is 0.711. The molecule has 0 saturated heterocycles. The molecule has 2 N–H and O–H groups in total. The summed E-state index contributed by atoms with van der Waals surface area (Å²) in [4.78, 5) is 0.232. The summed E-state index contributed by atoms with van der Waals surface area (Å²) in [5.41, 5.74) is 0.813. The molecule has 0 aliphatic rings. The molecule has 6 heteroatoms. The molecule has 0 unspecified atom stereocenters. The zero-order valence-corrected chi connectivity index (χ0v) is 12.7. The molecule has 0 atom stereocenters. The minimum atomic E-state index is -3.45. The van der Waals surface area contributed by atoms with E-state index >= 15 is 0 Å². The van der Waals surface area contributed by atoms with Crippen LogP contribution in [-0.4, -0.2) is 27.5 Å². The number of hydrogen-bond donors (Lipinski definition) is 2. The second-order valence-corrected chi connectivity index (χ2v) is 6.61. The van der Waals surface area contributed by atoms with Crippen LogP contribution in [0.5, 0.6) is 0 Å². The third-order valence-electron chi connectivity index (χ3n) is 2.72. The Kier molecular flexibility index (Phi) is 6.65. The number of sulfonamides is 1. The minimum absolute atomic E-state index is 0.232. The first-order valence-electron chi connectivity index (χ1n) is 6.64. The van der Waals surface area contributed by atoms with Gasteiger partial charge < -0.3 is 5.32 Å². The lowest BCUT2D eigenvalue weighted by atomic mass is 10.2. The highest BCUT2D eigenvalue weighted by Gasteiger charge is 2.12. The molecule has 0 radical (unpaired) electrons. The van der Waals surface area contributed by atoms with Gasteiger partial charge >= 0.3 is 0 Å². The van der Waals surface area contributed by atoms with Crippen LogP contribution in [0.1, 0.15) is 25.8 Å². The zero-order chi connectivity index (χ0) is 15.0. The predicted octanol–water partition coefficient (Wildman–Crippen LogP) is 1.42.